The van der Waals surface area contributed by atoms with Crippen LogP contribution in [0.4, 0.5) is 5.69 Å². The standard InChI is InChI=1S/C12H19N3/c1-12(13-2)5-9-15(10-6-12)11-3-7-14-8-4-11/h3-4,7-8,13H,5-6,9-10H2,1-2H3. The summed E-state index contributed by atoms with van der Waals surface area (Å²) < 4.78 is 0. The molecule has 2 rings (SSSR count). The van der Waals surface area contributed by atoms with Gasteiger partial charge in [0, 0.05) is 36.7 Å². The summed E-state index contributed by atoms with van der Waals surface area (Å²) in [5, 5.41) is 3.41. The molecule has 0 saturated carbocycles. The Balaban J connectivity index is 2.00. The van der Waals surface area contributed by atoms with Gasteiger partial charge >= 0.3 is 0 Å². The lowest BCUT2D eigenvalue weighted by molar-refractivity contribution is 0.305. The number of hydrogen-bond donors (Lipinski definition) is 1. The number of piperidine rings is 1. The van der Waals surface area contributed by atoms with Gasteiger partial charge < -0.3 is 10.2 Å². The SMILES string of the molecule is CNC1(C)CCN(c2ccncc2)CC1. The second-order valence-electron chi connectivity index (χ2n) is 4.50. The molecule has 0 radical (unpaired) electrons. The van der Waals surface area contributed by atoms with Gasteiger partial charge in [-0.05, 0) is 38.9 Å². The molecule has 1 saturated heterocycles. The van der Waals surface area contributed by atoms with Crippen molar-refractivity contribution in [1.82, 2.24) is 10.3 Å². The fourth-order valence-electron chi connectivity index (χ4n) is 2.06. The molecule has 0 amide bonds. The van der Waals surface area contributed by atoms with Crippen LogP contribution in [0.2, 0.25) is 0 Å². The van der Waals surface area contributed by atoms with Crippen LogP contribution in [-0.2, 0) is 0 Å². The lowest BCUT2D eigenvalue weighted by atomic mass is 9.90. The van der Waals surface area contributed by atoms with E-state index in [2.05, 4.69) is 41.3 Å². The van der Waals surface area contributed by atoms with E-state index in [0.29, 0.717) is 5.54 Å². The quantitative estimate of drug-likeness (QED) is 0.796. The van der Waals surface area contributed by atoms with Crippen molar-refractivity contribution in [3.8, 4) is 0 Å². The number of anilines is 1. The molecule has 2 heterocycles. The number of nitrogens with one attached hydrogen (secondary N) is 1. The summed E-state index contributed by atoms with van der Waals surface area (Å²) in [4.78, 5) is 6.48. The molecule has 1 aliphatic heterocycles. The second-order valence-corrected chi connectivity index (χ2v) is 4.50. The zero-order chi connectivity index (χ0) is 10.7. The average Bonchev–Trinajstić information content (AvgIpc) is 2.31. The van der Waals surface area contributed by atoms with E-state index < -0.39 is 0 Å². The lowest BCUT2D eigenvalue weighted by Gasteiger charge is -2.40. The van der Waals surface area contributed by atoms with Gasteiger partial charge in [0.05, 0.1) is 0 Å². The Morgan fingerprint density at radius 1 is 1.27 bits per heavy atom. The minimum absolute atomic E-state index is 0.323. The fourth-order valence-corrected chi connectivity index (χ4v) is 2.06. The maximum atomic E-state index is 4.05. The highest BCUT2D eigenvalue weighted by molar-refractivity contribution is 5.45. The molecule has 1 aromatic heterocycles. The highest BCUT2D eigenvalue weighted by Gasteiger charge is 2.28. The van der Waals surface area contributed by atoms with E-state index in [0.717, 1.165) is 13.1 Å². The van der Waals surface area contributed by atoms with Crippen LogP contribution in [0.15, 0.2) is 24.5 Å². The van der Waals surface area contributed by atoms with Gasteiger partial charge in [-0.3, -0.25) is 4.98 Å². The molecule has 0 aromatic carbocycles. The molecule has 3 heteroatoms. The predicted octanol–water partition coefficient (Wildman–Crippen LogP) is 1.66. The van der Waals surface area contributed by atoms with Crippen LogP contribution in [0.25, 0.3) is 0 Å². The number of hydrogen-bond acceptors (Lipinski definition) is 3. The first kappa shape index (κ1) is 10.4. The Morgan fingerprint density at radius 3 is 2.40 bits per heavy atom. The summed E-state index contributed by atoms with van der Waals surface area (Å²) in [5.41, 5.74) is 1.62. The van der Waals surface area contributed by atoms with Crippen LogP contribution in [-0.4, -0.2) is 30.7 Å². The van der Waals surface area contributed by atoms with Crippen LogP contribution >= 0.6 is 0 Å². The molecule has 1 fully saturated rings. The topological polar surface area (TPSA) is 28.2 Å². The van der Waals surface area contributed by atoms with E-state index >= 15 is 0 Å². The fraction of sp³-hybridized carbons (Fsp3) is 0.583. The molecule has 1 aliphatic rings. The Labute approximate surface area is 91.5 Å². The Hall–Kier alpha value is -1.09. The minimum Gasteiger partial charge on any atom is -0.371 e. The van der Waals surface area contributed by atoms with Crippen LogP contribution < -0.4 is 10.2 Å². The number of rotatable bonds is 2. The second kappa shape index (κ2) is 4.19. The van der Waals surface area contributed by atoms with Crippen molar-refractivity contribution in [1.29, 1.82) is 0 Å². The third-order valence-electron chi connectivity index (χ3n) is 3.50. The maximum Gasteiger partial charge on any atom is 0.0397 e. The molecular weight excluding hydrogens is 186 g/mol. The molecule has 0 spiro atoms. The number of pyridine rings is 1. The summed E-state index contributed by atoms with van der Waals surface area (Å²) >= 11 is 0. The van der Waals surface area contributed by atoms with Gasteiger partial charge in [-0.1, -0.05) is 0 Å². The van der Waals surface area contributed by atoms with E-state index in [-0.39, 0.29) is 0 Å². The van der Waals surface area contributed by atoms with Crippen molar-refractivity contribution in [3.63, 3.8) is 0 Å². The average molecular weight is 205 g/mol. The highest BCUT2D eigenvalue weighted by Crippen LogP contribution is 2.24. The minimum atomic E-state index is 0.323. The summed E-state index contributed by atoms with van der Waals surface area (Å²) in [6.07, 6.45) is 6.13. The Kier molecular flexibility index (Phi) is 2.91. The molecule has 82 valence electrons. The van der Waals surface area contributed by atoms with Crippen molar-refractivity contribution >= 4 is 5.69 Å². The van der Waals surface area contributed by atoms with E-state index in [9.17, 15) is 0 Å². The summed E-state index contributed by atoms with van der Waals surface area (Å²) in [6, 6.07) is 4.17. The zero-order valence-corrected chi connectivity index (χ0v) is 9.53. The molecule has 3 nitrogen and oxygen atoms in total. The van der Waals surface area contributed by atoms with Gasteiger partial charge in [-0.2, -0.15) is 0 Å². The monoisotopic (exact) mass is 205 g/mol. The largest absolute Gasteiger partial charge is 0.371 e. The van der Waals surface area contributed by atoms with Gasteiger partial charge in [0.25, 0.3) is 0 Å². The van der Waals surface area contributed by atoms with Crippen LogP contribution in [0.1, 0.15) is 19.8 Å². The molecule has 1 N–H and O–H groups in total. The van der Waals surface area contributed by atoms with Crippen LogP contribution in [0.5, 0.6) is 0 Å². The Bertz CT molecular complexity index is 302. The summed E-state index contributed by atoms with van der Waals surface area (Å²) in [7, 11) is 2.06. The van der Waals surface area contributed by atoms with E-state index in [1.807, 2.05) is 12.4 Å². The first-order chi connectivity index (χ1) is 7.23. The molecule has 1 aromatic rings. The van der Waals surface area contributed by atoms with Crippen LogP contribution in [0, 0.1) is 0 Å². The van der Waals surface area contributed by atoms with E-state index in [4.69, 9.17) is 0 Å². The Morgan fingerprint density at radius 2 is 1.87 bits per heavy atom. The molecular formula is C12H19N3. The normalized spacial score (nSPS) is 20.3. The summed E-state index contributed by atoms with van der Waals surface area (Å²) in [6.45, 7) is 4.56. The third-order valence-corrected chi connectivity index (χ3v) is 3.50. The molecule has 0 bridgehead atoms. The first-order valence-corrected chi connectivity index (χ1v) is 5.57. The lowest BCUT2D eigenvalue weighted by Crippen LogP contribution is -2.50. The molecule has 0 atom stereocenters. The van der Waals surface area contributed by atoms with Gasteiger partial charge in [0.2, 0.25) is 0 Å². The van der Waals surface area contributed by atoms with Crippen molar-refractivity contribution in [2.24, 2.45) is 0 Å². The van der Waals surface area contributed by atoms with Gasteiger partial charge in [0.1, 0.15) is 0 Å². The van der Waals surface area contributed by atoms with Gasteiger partial charge in [-0.15, -0.1) is 0 Å². The highest BCUT2D eigenvalue weighted by atomic mass is 15.2. The van der Waals surface area contributed by atoms with Crippen molar-refractivity contribution in [3.05, 3.63) is 24.5 Å². The maximum absolute atomic E-state index is 4.05. The van der Waals surface area contributed by atoms with Gasteiger partial charge in [0.15, 0.2) is 0 Å². The predicted molar refractivity (Wildman–Crippen MR) is 63.1 cm³/mol. The van der Waals surface area contributed by atoms with Crippen molar-refractivity contribution in [2.45, 2.75) is 25.3 Å². The van der Waals surface area contributed by atoms with E-state index in [1.165, 1.54) is 18.5 Å². The smallest absolute Gasteiger partial charge is 0.0397 e. The van der Waals surface area contributed by atoms with Gasteiger partial charge in [-0.25, -0.2) is 0 Å². The number of aromatic nitrogens is 1. The zero-order valence-electron chi connectivity index (χ0n) is 9.53. The van der Waals surface area contributed by atoms with Crippen LogP contribution in [0.3, 0.4) is 0 Å². The summed E-state index contributed by atoms with van der Waals surface area (Å²) in [5.74, 6) is 0. The molecule has 0 unspecified atom stereocenters. The van der Waals surface area contributed by atoms with Crippen molar-refractivity contribution < 1.29 is 0 Å². The van der Waals surface area contributed by atoms with Crippen molar-refractivity contribution in [2.75, 3.05) is 25.0 Å². The number of nitrogens with zero attached hydrogens (tertiary/aromatic N) is 2. The molecule has 15 heavy (non-hydrogen) atoms. The van der Waals surface area contributed by atoms with E-state index in [1.54, 1.807) is 0 Å². The molecule has 0 aliphatic carbocycles. The third kappa shape index (κ3) is 2.29. The first-order valence-electron chi connectivity index (χ1n) is 5.57.